The molecular weight excluding hydrogens is 535 g/mol. The van der Waals surface area contributed by atoms with E-state index < -0.39 is 29.9 Å². The highest BCUT2D eigenvalue weighted by molar-refractivity contribution is 5.94. The number of urea groups is 1. The van der Waals surface area contributed by atoms with Crippen molar-refractivity contribution in [3.63, 3.8) is 0 Å². The van der Waals surface area contributed by atoms with Crippen LogP contribution in [0.2, 0.25) is 0 Å². The number of carbonyl (C=O) groups excluding carboxylic acids is 2. The van der Waals surface area contributed by atoms with Gasteiger partial charge in [0.05, 0.1) is 17.6 Å². The maximum atomic E-state index is 13.3. The Morgan fingerprint density at radius 3 is 2.67 bits per heavy atom. The van der Waals surface area contributed by atoms with E-state index in [9.17, 15) is 27.9 Å². The van der Waals surface area contributed by atoms with Gasteiger partial charge in [-0.15, -0.1) is 0 Å². The van der Waals surface area contributed by atoms with Crippen LogP contribution in [0.15, 0.2) is 41.3 Å². The van der Waals surface area contributed by atoms with Gasteiger partial charge in [-0.1, -0.05) is 11.2 Å². The van der Waals surface area contributed by atoms with Crippen molar-refractivity contribution < 1.29 is 32.4 Å². The number of aliphatic hydroxyl groups excluding tert-OH is 1. The third-order valence-electron chi connectivity index (χ3n) is 6.14. The molecule has 0 aromatic carbocycles. The Morgan fingerprint density at radius 2 is 1.98 bits per heavy atom. The normalized spacial score (nSPS) is 15.4. The average molecular weight is 557 g/mol. The van der Waals surface area contributed by atoms with Gasteiger partial charge in [0.25, 0.3) is 0 Å². The molecule has 16 heteroatoms. The Hall–Kier alpha value is -4.86. The molecule has 1 aliphatic heterocycles. The molecule has 13 nitrogen and oxygen atoms in total. The summed E-state index contributed by atoms with van der Waals surface area (Å²) in [5.41, 5.74) is -0.551. The second kappa shape index (κ2) is 10.0. The molecule has 1 atom stereocenters. The third-order valence-corrected chi connectivity index (χ3v) is 6.14. The van der Waals surface area contributed by atoms with Crippen LogP contribution in [0, 0.1) is 13.8 Å². The molecule has 3 amide bonds. The minimum absolute atomic E-state index is 0.0897. The Morgan fingerprint density at radius 1 is 1.20 bits per heavy atom. The van der Waals surface area contributed by atoms with Gasteiger partial charge in [0.2, 0.25) is 11.8 Å². The molecule has 0 saturated carbocycles. The van der Waals surface area contributed by atoms with Crippen molar-refractivity contribution in [3.8, 4) is 11.3 Å². The summed E-state index contributed by atoms with van der Waals surface area (Å²) >= 11 is 0. The van der Waals surface area contributed by atoms with E-state index >= 15 is 0 Å². The molecule has 208 valence electrons. The van der Waals surface area contributed by atoms with E-state index in [1.165, 1.54) is 54.2 Å². The minimum atomic E-state index is -4.58. The van der Waals surface area contributed by atoms with Gasteiger partial charge in [-0.25, -0.2) is 14.8 Å². The van der Waals surface area contributed by atoms with E-state index in [4.69, 9.17) is 4.52 Å². The topological polar surface area (TPSA) is 155 Å². The number of imidazole rings is 1. The fourth-order valence-corrected chi connectivity index (χ4v) is 4.23. The van der Waals surface area contributed by atoms with E-state index in [1.807, 2.05) is 0 Å². The maximum absolute atomic E-state index is 13.3. The standard InChI is InChI=1S/C24H22F3N9O4/c1-12-15(24(25,26)27)7-14(8-28-12)16-5-4-6-17(31-16)32-18(37)9-35-11-29-21-20(35)22(38)36(23(39)34(21)3)10-19-30-13(2)33-40-19/h4-8,11,22,38H,9-10H2,1-3H3,(H,31,32,37). The van der Waals surface area contributed by atoms with Gasteiger partial charge in [-0.2, -0.15) is 18.2 Å². The number of amides is 3. The second-order valence-corrected chi connectivity index (χ2v) is 8.97. The summed E-state index contributed by atoms with van der Waals surface area (Å²) in [6.45, 7) is 2.39. The first-order valence-electron chi connectivity index (χ1n) is 11.8. The smallest absolute Gasteiger partial charge is 0.368 e. The fraction of sp³-hybridized carbons (Fsp3) is 0.292. The zero-order chi connectivity index (χ0) is 28.8. The number of nitrogens with one attached hydrogen (secondary N) is 1. The van der Waals surface area contributed by atoms with Crippen LogP contribution in [0.1, 0.15) is 34.9 Å². The number of hydrogen-bond acceptors (Lipinski definition) is 9. The number of anilines is 2. The van der Waals surface area contributed by atoms with E-state index in [-0.39, 0.29) is 53.3 Å². The average Bonchev–Trinajstić information content (AvgIpc) is 3.51. The summed E-state index contributed by atoms with van der Waals surface area (Å²) in [7, 11) is 1.47. The number of hydrogen-bond donors (Lipinski definition) is 2. The Kier molecular flexibility index (Phi) is 6.70. The molecule has 4 aromatic heterocycles. The van der Waals surface area contributed by atoms with Gasteiger partial charge in [-0.05, 0) is 32.0 Å². The molecule has 5 heterocycles. The lowest BCUT2D eigenvalue weighted by Gasteiger charge is -2.36. The van der Waals surface area contributed by atoms with Crippen molar-refractivity contribution in [1.29, 1.82) is 0 Å². The van der Waals surface area contributed by atoms with Crippen LogP contribution < -0.4 is 10.2 Å². The van der Waals surface area contributed by atoms with Crippen LogP contribution in [0.5, 0.6) is 0 Å². The number of carbonyl (C=O) groups is 2. The van der Waals surface area contributed by atoms with Crippen LogP contribution in [0.25, 0.3) is 11.3 Å². The van der Waals surface area contributed by atoms with Crippen LogP contribution in [-0.2, 0) is 24.1 Å². The predicted octanol–water partition coefficient (Wildman–Crippen LogP) is 3.06. The van der Waals surface area contributed by atoms with Gasteiger partial charge in [0.1, 0.15) is 24.6 Å². The number of rotatable bonds is 6. The number of pyridine rings is 2. The first kappa shape index (κ1) is 26.7. The van der Waals surface area contributed by atoms with Crippen LogP contribution in [0.3, 0.4) is 0 Å². The molecule has 40 heavy (non-hydrogen) atoms. The van der Waals surface area contributed by atoms with Crippen LogP contribution in [0.4, 0.5) is 29.6 Å². The monoisotopic (exact) mass is 557 g/mol. The molecule has 4 aromatic rings. The lowest BCUT2D eigenvalue weighted by Crippen LogP contribution is -2.48. The zero-order valence-corrected chi connectivity index (χ0v) is 21.3. The lowest BCUT2D eigenvalue weighted by molar-refractivity contribution is -0.138. The molecule has 0 aliphatic carbocycles. The number of nitrogens with zero attached hydrogens (tertiary/aromatic N) is 8. The summed E-state index contributed by atoms with van der Waals surface area (Å²) in [5.74, 6) is 0.167. The van der Waals surface area contributed by atoms with Crippen molar-refractivity contribution in [1.82, 2.24) is 34.6 Å². The molecule has 0 bridgehead atoms. The minimum Gasteiger partial charge on any atom is -0.368 e. The lowest BCUT2D eigenvalue weighted by atomic mass is 10.1. The fourth-order valence-electron chi connectivity index (χ4n) is 4.23. The summed E-state index contributed by atoms with van der Waals surface area (Å²) in [6.07, 6.45) is -3.47. The molecule has 1 aliphatic rings. The van der Waals surface area contributed by atoms with Crippen molar-refractivity contribution in [3.05, 3.63) is 65.5 Å². The number of halogens is 3. The molecule has 0 saturated heterocycles. The highest BCUT2D eigenvalue weighted by Gasteiger charge is 2.39. The van der Waals surface area contributed by atoms with E-state index in [1.54, 1.807) is 6.92 Å². The van der Waals surface area contributed by atoms with Gasteiger partial charge >= 0.3 is 12.2 Å². The molecule has 2 N–H and O–H groups in total. The zero-order valence-electron chi connectivity index (χ0n) is 21.3. The van der Waals surface area contributed by atoms with Crippen molar-refractivity contribution in [2.45, 2.75) is 39.3 Å². The van der Waals surface area contributed by atoms with E-state index in [2.05, 4.69) is 30.4 Å². The predicted molar refractivity (Wildman–Crippen MR) is 131 cm³/mol. The van der Waals surface area contributed by atoms with Crippen LogP contribution >= 0.6 is 0 Å². The number of aryl methyl sites for hydroxylation is 2. The van der Waals surface area contributed by atoms with E-state index in [0.29, 0.717) is 5.82 Å². The number of alkyl halides is 3. The molecule has 0 radical (unpaired) electrons. The highest BCUT2D eigenvalue weighted by atomic mass is 19.4. The summed E-state index contributed by atoms with van der Waals surface area (Å²) in [6, 6.07) is 4.90. The van der Waals surface area contributed by atoms with Crippen LogP contribution in [-0.4, -0.2) is 58.7 Å². The summed E-state index contributed by atoms with van der Waals surface area (Å²) in [5, 5.41) is 17.3. The Labute approximate surface area is 224 Å². The number of aromatic nitrogens is 6. The highest BCUT2D eigenvalue weighted by Crippen LogP contribution is 2.35. The Balaban J connectivity index is 1.34. The second-order valence-electron chi connectivity index (χ2n) is 8.97. The summed E-state index contributed by atoms with van der Waals surface area (Å²) < 4.78 is 46.4. The summed E-state index contributed by atoms with van der Waals surface area (Å²) in [4.78, 5) is 44.3. The van der Waals surface area contributed by atoms with Crippen molar-refractivity contribution in [2.75, 3.05) is 17.3 Å². The Bertz CT molecular complexity index is 1600. The van der Waals surface area contributed by atoms with Gasteiger partial charge in [0.15, 0.2) is 17.9 Å². The van der Waals surface area contributed by atoms with Gasteiger partial charge in [0, 0.05) is 24.5 Å². The number of aliphatic hydroxyl groups is 1. The third kappa shape index (κ3) is 5.07. The molecule has 1 unspecified atom stereocenters. The van der Waals surface area contributed by atoms with E-state index in [0.717, 1.165) is 11.0 Å². The molecule has 0 spiro atoms. The molecule has 5 rings (SSSR count). The first-order chi connectivity index (χ1) is 18.9. The molecular formula is C24H22F3N9O4. The number of fused-ring (bicyclic) bond motifs is 1. The maximum Gasteiger partial charge on any atom is 0.418 e. The largest absolute Gasteiger partial charge is 0.418 e. The van der Waals surface area contributed by atoms with Crippen molar-refractivity contribution >= 4 is 23.6 Å². The SMILES string of the molecule is Cc1noc(CN2C(=O)N(C)c3ncn(CC(=O)Nc4cccc(-c5cnc(C)c(C(F)(F)F)c5)n4)c3C2O)n1. The van der Waals surface area contributed by atoms with Gasteiger partial charge < -0.3 is 19.5 Å². The molecule has 0 fully saturated rings. The van der Waals surface area contributed by atoms with Crippen molar-refractivity contribution in [2.24, 2.45) is 0 Å². The first-order valence-corrected chi connectivity index (χ1v) is 11.8. The van der Waals surface area contributed by atoms with Gasteiger partial charge in [-0.3, -0.25) is 19.6 Å². The quantitative estimate of drug-likeness (QED) is 0.364.